The summed E-state index contributed by atoms with van der Waals surface area (Å²) in [5, 5.41) is 17.8. The lowest BCUT2D eigenvalue weighted by molar-refractivity contribution is -0.140. The van der Waals surface area contributed by atoms with Crippen LogP contribution in [0.25, 0.3) is 0 Å². The van der Waals surface area contributed by atoms with Gasteiger partial charge >= 0.3 is 5.97 Å². The largest absolute Gasteiger partial charge is 0.481 e. The van der Waals surface area contributed by atoms with Crippen LogP contribution in [0.15, 0.2) is 0 Å². The molecule has 0 bridgehead atoms. The first-order valence-corrected chi connectivity index (χ1v) is 5.30. The number of hydrogen-bond donors (Lipinski definition) is 2. The molecule has 0 spiro atoms. The van der Waals surface area contributed by atoms with Gasteiger partial charge in [-0.25, -0.2) is 0 Å². The van der Waals surface area contributed by atoms with Crippen LogP contribution in [0.1, 0.15) is 12.8 Å². The summed E-state index contributed by atoms with van der Waals surface area (Å²) in [5.74, 6) is -0.596. The first-order chi connectivity index (χ1) is 7.02. The molecule has 15 heavy (non-hydrogen) atoms. The number of carboxylic acids is 1. The Kier molecular flexibility index (Phi) is 4.35. The highest BCUT2D eigenvalue weighted by atomic mass is 35.5. The summed E-state index contributed by atoms with van der Waals surface area (Å²) in [5.41, 5.74) is 0. The van der Waals surface area contributed by atoms with Gasteiger partial charge in [-0.05, 0) is 5.92 Å². The van der Waals surface area contributed by atoms with Gasteiger partial charge in [0.15, 0.2) is 0 Å². The highest BCUT2D eigenvalue weighted by Gasteiger charge is 2.30. The lowest BCUT2D eigenvalue weighted by Gasteiger charge is -2.19. The molecular formula is C9H14ClNO4. The van der Waals surface area contributed by atoms with Crippen molar-refractivity contribution in [1.29, 1.82) is 0 Å². The maximum absolute atomic E-state index is 11.4. The van der Waals surface area contributed by atoms with E-state index in [-0.39, 0.29) is 24.8 Å². The van der Waals surface area contributed by atoms with Gasteiger partial charge < -0.3 is 15.1 Å². The second kappa shape index (κ2) is 5.32. The van der Waals surface area contributed by atoms with Crippen LogP contribution in [0.5, 0.6) is 0 Å². The van der Waals surface area contributed by atoms with Gasteiger partial charge in [-0.2, -0.15) is 0 Å². The minimum atomic E-state index is -1.07. The molecule has 1 amide bonds. The molecule has 0 saturated carbocycles. The zero-order chi connectivity index (χ0) is 11.4. The first kappa shape index (κ1) is 12.3. The molecule has 86 valence electrons. The number of alkyl halides is 1. The molecule has 5 nitrogen and oxygen atoms in total. The third-order valence-electron chi connectivity index (χ3n) is 2.35. The van der Waals surface area contributed by atoms with Gasteiger partial charge in [-0.15, -0.1) is 11.6 Å². The number of carbonyl (C=O) groups excluding carboxylic acids is 1. The number of nitrogens with zero attached hydrogens (tertiary/aromatic N) is 1. The minimum absolute atomic E-state index is 0.0647. The Hall–Kier alpha value is -0.810. The van der Waals surface area contributed by atoms with Gasteiger partial charge in [-0.3, -0.25) is 9.59 Å². The van der Waals surface area contributed by atoms with Gasteiger partial charge in [-0.1, -0.05) is 0 Å². The summed E-state index contributed by atoms with van der Waals surface area (Å²) in [7, 11) is 0. The van der Waals surface area contributed by atoms with E-state index in [0.717, 1.165) is 0 Å². The van der Waals surface area contributed by atoms with E-state index in [4.69, 9.17) is 16.7 Å². The third kappa shape index (κ3) is 3.68. The fraction of sp³-hybridized carbons (Fsp3) is 0.778. The van der Waals surface area contributed by atoms with Crippen molar-refractivity contribution >= 4 is 23.5 Å². The zero-order valence-corrected chi connectivity index (χ0v) is 8.98. The van der Waals surface area contributed by atoms with Crippen LogP contribution in [0.3, 0.4) is 0 Å². The van der Waals surface area contributed by atoms with E-state index in [2.05, 4.69) is 0 Å². The number of aliphatic hydroxyl groups excluding tert-OH is 1. The summed E-state index contributed by atoms with van der Waals surface area (Å²) < 4.78 is 0. The number of β-amino-alcohol motifs (C(OH)–C–C–N with tert-alkyl or cyclic N) is 1. The average Bonchev–Trinajstić information content (AvgIpc) is 2.46. The molecule has 6 heteroatoms. The number of hydrogen-bond acceptors (Lipinski definition) is 3. The van der Waals surface area contributed by atoms with E-state index in [9.17, 15) is 14.7 Å². The van der Waals surface area contributed by atoms with E-state index in [1.807, 2.05) is 0 Å². The summed E-state index contributed by atoms with van der Waals surface area (Å²) in [6.45, 7) is 0.595. The number of amides is 1. The molecule has 1 aliphatic heterocycles. The fourth-order valence-corrected chi connectivity index (χ4v) is 1.86. The van der Waals surface area contributed by atoms with Crippen molar-refractivity contribution in [1.82, 2.24) is 4.90 Å². The van der Waals surface area contributed by atoms with Crippen LogP contribution in [0.4, 0.5) is 0 Å². The molecule has 0 aromatic rings. The van der Waals surface area contributed by atoms with E-state index >= 15 is 0 Å². The van der Waals surface area contributed by atoms with Gasteiger partial charge in [0, 0.05) is 25.4 Å². The molecule has 2 atom stereocenters. The third-order valence-corrected chi connectivity index (χ3v) is 2.79. The van der Waals surface area contributed by atoms with Gasteiger partial charge in [0.25, 0.3) is 0 Å². The number of rotatable bonds is 5. The molecule has 2 N–H and O–H groups in total. The molecular weight excluding hydrogens is 222 g/mol. The maximum atomic E-state index is 11.4. The van der Waals surface area contributed by atoms with Crippen LogP contribution in [-0.2, 0) is 9.59 Å². The maximum Gasteiger partial charge on any atom is 0.306 e. The molecule has 1 aliphatic rings. The number of aliphatic carboxylic acids is 1. The Morgan fingerprint density at radius 1 is 1.67 bits per heavy atom. The van der Waals surface area contributed by atoms with E-state index in [1.54, 1.807) is 0 Å². The molecule has 0 aromatic heterocycles. The highest BCUT2D eigenvalue weighted by molar-refractivity contribution is 6.18. The smallest absolute Gasteiger partial charge is 0.306 e. The van der Waals surface area contributed by atoms with E-state index < -0.39 is 12.1 Å². The molecule has 0 aromatic carbocycles. The molecule has 1 fully saturated rings. The Morgan fingerprint density at radius 2 is 2.33 bits per heavy atom. The lowest BCUT2D eigenvalue weighted by atomic mass is 10.1. The lowest BCUT2D eigenvalue weighted by Crippen LogP contribution is -2.34. The summed E-state index contributed by atoms with van der Waals surface area (Å²) in [6, 6.07) is 0. The van der Waals surface area contributed by atoms with E-state index in [0.29, 0.717) is 18.8 Å². The molecule has 0 radical (unpaired) electrons. The van der Waals surface area contributed by atoms with Crippen LogP contribution >= 0.6 is 11.6 Å². The predicted molar refractivity (Wildman–Crippen MR) is 53.7 cm³/mol. The van der Waals surface area contributed by atoms with Crippen molar-refractivity contribution in [3.05, 3.63) is 0 Å². The van der Waals surface area contributed by atoms with Gasteiger partial charge in [0.05, 0.1) is 12.5 Å². The predicted octanol–water partition coefficient (Wildman–Crippen LogP) is -0.0907. The number of halogens is 1. The molecule has 1 rings (SSSR count). The van der Waals surface area contributed by atoms with Crippen molar-refractivity contribution < 1.29 is 19.8 Å². The topological polar surface area (TPSA) is 77.8 Å². The SMILES string of the molecule is O=C(O)CC(O)CN1CC(CCl)CC1=O. The summed E-state index contributed by atoms with van der Waals surface area (Å²) in [4.78, 5) is 23.1. The monoisotopic (exact) mass is 235 g/mol. The minimum Gasteiger partial charge on any atom is -0.481 e. The van der Waals surface area contributed by atoms with Gasteiger partial charge in [0.2, 0.25) is 5.91 Å². The number of likely N-dealkylation sites (tertiary alicyclic amines) is 1. The molecule has 1 heterocycles. The van der Waals surface area contributed by atoms with Gasteiger partial charge in [0.1, 0.15) is 0 Å². The van der Waals surface area contributed by atoms with Crippen molar-refractivity contribution in [2.75, 3.05) is 19.0 Å². The second-order valence-electron chi connectivity index (χ2n) is 3.77. The molecule has 1 saturated heterocycles. The second-order valence-corrected chi connectivity index (χ2v) is 4.08. The fourth-order valence-electron chi connectivity index (χ4n) is 1.65. The number of carboxylic acid groups (broad SMARTS) is 1. The summed E-state index contributed by atoms with van der Waals surface area (Å²) in [6.07, 6.45) is -0.945. The Balaban J connectivity index is 2.38. The van der Waals surface area contributed by atoms with E-state index in [1.165, 1.54) is 4.90 Å². The molecule has 2 unspecified atom stereocenters. The quantitative estimate of drug-likeness (QED) is 0.653. The average molecular weight is 236 g/mol. The standard InChI is InChI=1S/C9H14ClNO4/c10-3-6-1-8(13)11(4-6)5-7(12)2-9(14)15/h6-7,12H,1-5H2,(H,14,15). The van der Waals surface area contributed by atoms with Crippen LogP contribution in [0, 0.1) is 5.92 Å². The number of carbonyl (C=O) groups is 2. The van der Waals surface area contributed by atoms with Crippen molar-refractivity contribution in [3.8, 4) is 0 Å². The van der Waals surface area contributed by atoms with Crippen LogP contribution in [-0.4, -0.2) is 52.1 Å². The summed E-state index contributed by atoms with van der Waals surface area (Å²) >= 11 is 5.62. The first-order valence-electron chi connectivity index (χ1n) is 4.76. The van der Waals surface area contributed by atoms with Crippen LogP contribution < -0.4 is 0 Å². The van der Waals surface area contributed by atoms with Crippen molar-refractivity contribution in [2.24, 2.45) is 5.92 Å². The van der Waals surface area contributed by atoms with Crippen LogP contribution in [0.2, 0.25) is 0 Å². The zero-order valence-electron chi connectivity index (χ0n) is 8.23. The number of aliphatic hydroxyl groups is 1. The Morgan fingerprint density at radius 3 is 2.80 bits per heavy atom. The van der Waals surface area contributed by atoms with Crippen molar-refractivity contribution in [2.45, 2.75) is 18.9 Å². The highest BCUT2D eigenvalue weighted by Crippen LogP contribution is 2.19. The Bertz CT molecular complexity index is 258. The molecule has 0 aliphatic carbocycles. The Labute approximate surface area is 92.6 Å². The van der Waals surface area contributed by atoms with Crippen molar-refractivity contribution in [3.63, 3.8) is 0 Å². The normalized spacial score (nSPS) is 23.2.